The molecular weight excluding hydrogens is 935 g/mol. The maximum atomic E-state index is 13.2. The van der Waals surface area contributed by atoms with Gasteiger partial charge in [-0.2, -0.15) is 0 Å². The van der Waals surface area contributed by atoms with Crippen molar-refractivity contribution in [2.75, 3.05) is 90.6 Å². The molecule has 6 bridgehead atoms. The summed E-state index contributed by atoms with van der Waals surface area (Å²) in [6.45, 7) is 9.66. The van der Waals surface area contributed by atoms with Crippen LogP contribution in [0.4, 0.5) is 11.6 Å². The molecule has 1 unspecified atom stereocenters. The van der Waals surface area contributed by atoms with Crippen molar-refractivity contribution in [2.45, 2.75) is 76.0 Å². The fraction of sp³-hybridized carbons (Fsp3) is 0.463. The van der Waals surface area contributed by atoms with Gasteiger partial charge < -0.3 is 34.3 Å². The summed E-state index contributed by atoms with van der Waals surface area (Å²) in [5.41, 5.74) is 5.06. The monoisotopic (exact) mass is 997 g/mol. The topological polar surface area (TPSA) is 206 Å². The van der Waals surface area contributed by atoms with Crippen LogP contribution in [0.3, 0.4) is 0 Å². The molecule has 6 aliphatic rings. The number of rotatable bonds is 14. The van der Waals surface area contributed by atoms with Crippen LogP contribution in [0.1, 0.15) is 70.4 Å². The first-order valence-corrected chi connectivity index (χ1v) is 25.5. The number of benzene rings is 3. The maximum Gasteiger partial charge on any atom is 0.262 e. The molecular formula is C54H63N9O10. The van der Waals surface area contributed by atoms with Gasteiger partial charge in [-0.05, 0) is 86.2 Å². The molecule has 1 saturated carbocycles. The highest BCUT2D eigenvalue weighted by Gasteiger charge is 2.45. The van der Waals surface area contributed by atoms with E-state index in [1.807, 2.05) is 54.6 Å². The lowest BCUT2D eigenvalue weighted by atomic mass is 9.88. The molecule has 6 heterocycles. The van der Waals surface area contributed by atoms with Crippen LogP contribution in [0.5, 0.6) is 11.5 Å². The molecule has 19 heteroatoms. The number of amides is 5. The maximum absolute atomic E-state index is 13.2. The SMILES string of the molecule is O=C1CCC(N2C(=O)c3ccc(OCCN4CCC(OC5CC(NC(=O)CN6CCN(CCOc7ccc8cc7COC/C=C/COCc7cccc(c7)-c7ccnc(n7)N8)CC6)C5)CC4)cc3C2=O)C(=O)N1. The number of carbonyl (C=O) groups is 5. The van der Waals surface area contributed by atoms with Crippen molar-refractivity contribution in [2.24, 2.45) is 0 Å². The number of anilines is 2. The van der Waals surface area contributed by atoms with Gasteiger partial charge in [0.25, 0.3) is 11.8 Å². The van der Waals surface area contributed by atoms with E-state index in [1.54, 1.807) is 24.4 Å². The second-order valence-electron chi connectivity index (χ2n) is 19.4. The number of hydrogen-bond acceptors (Lipinski definition) is 16. The summed E-state index contributed by atoms with van der Waals surface area (Å²) in [5, 5.41) is 8.80. The highest BCUT2D eigenvalue weighted by Crippen LogP contribution is 2.32. The second-order valence-corrected chi connectivity index (χ2v) is 19.4. The standard InChI is InChI=1S/C54H63N9O10/c64-49-11-9-47(51(66)59-49)63-52(67)44-8-7-42(32-45(44)53(63)68)71-26-22-60-16-13-41(14-17-60)73-43-30-40(31-43)56-50(65)33-62-20-18-61(19-21-62)23-27-72-48-10-6-39-29-38(48)35-70-25-2-1-24-69-34-36-4-3-5-37(28-36)46-12-15-55-54(57-39)58-46/h1-8,10,12,15,28-29,32,40-41,43,47H,9,11,13-14,16-27,30-31,33-35H2,(H,56,65)(H,55,57,58)(H,59,64,66)/b2-1+. The van der Waals surface area contributed by atoms with Gasteiger partial charge in [-0.15, -0.1) is 0 Å². The van der Waals surface area contributed by atoms with E-state index in [1.165, 1.54) is 0 Å². The van der Waals surface area contributed by atoms with Crippen LogP contribution in [0.25, 0.3) is 11.3 Å². The van der Waals surface area contributed by atoms with Gasteiger partial charge in [0.2, 0.25) is 23.7 Å². The van der Waals surface area contributed by atoms with E-state index in [0.29, 0.717) is 64.4 Å². The Kier molecular flexibility index (Phi) is 16.1. The van der Waals surface area contributed by atoms with Crippen LogP contribution in [0.15, 0.2) is 85.1 Å². The zero-order valence-corrected chi connectivity index (χ0v) is 41.0. The van der Waals surface area contributed by atoms with Crippen molar-refractivity contribution < 1.29 is 47.7 Å². The number of carbonyl (C=O) groups excluding carboxylic acids is 5. The number of nitrogens with one attached hydrogen (secondary N) is 3. The molecule has 384 valence electrons. The Morgan fingerprint density at radius 1 is 0.740 bits per heavy atom. The molecule has 0 spiro atoms. The van der Waals surface area contributed by atoms with Crippen molar-refractivity contribution in [3.8, 4) is 22.8 Å². The Balaban J connectivity index is 0.594. The average Bonchev–Trinajstić information content (AvgIpc) is 3.62. The number of piperidine rings is 2. The van der Waals surface area contributed by atoms with E-state index in [2.05, 4.69) is 41.7 Å². The second kappa shape index (κ2) is 23.5. The summed E-state index contributed by atoms with van der Waals surface area (Å²) in [6.07, 6.45) is 9.68. The molecule has 5 amide bonds. The zero-order valence-electron chi connectivity index (χ0n) is 41.0. The summed E-state index contributed by atoms with van der Waals surface area (Å²) in [6, 6.07) is 19.9. The van der Waals surface area contributed by atoms with E-state index in [9.17, 15) is 24.0 Å². The van der Waals surface area contributed by atoms with E-state index in [-0.39, 0.29) is 48.1 Å². The number of likely N-dealkylation sites (tertiary alicyclic amines) is 1. The quantitative estimate of drug-likeness (QED) is 0.120. The van der Waals surface area contributed by atoms with Gasteiger partial charge in [-0.1, -0.05) is 30.4 Å². The Labute approximate surface area is 424 Å². The third-order valence-corrected chi connectivity index (χ3v) is 14.3. The van der Waals surface area contributed by atoms with Crippen LogP contribution >= 0.6 is 0 Å². The van der Waals surface area contributed by atoms with Crippen LogP contribution in [0.2, 0.25) is 0 Å². The highest BCUT2D eigenvalue weighted by molar-refractivity contribution is 6.23. The molecule has 0 radical (unpaired) electrons. The summed E-state index contributed by atoms with van der Waals surface area (Å²) >= 11 is 0. The normalized spacial score (nSPS) is 22.8. The van der Waals surface area contributed by atoms with Crippen molar-refractivity contribution >= 4 is 41.2 Å². The molecule has 1 aliphatic carbocycles. The molecule has 3 N–H and O–H groups in total. The summed E-state index contributed by atoms with van der Waals surface area (Å²) in [4.78, 5) is 80.3. The lowest BCUT2D eigenvalue weighted by Gasteiger charge is -2.40. The van der Waals surface area contributed by atoms with Gasteiger partial charge >= 0.3 is 0 Å². The summed E-state index contributed by atoms with van der Waals surface area (Å²) in [5.74, 6) is -0.344. The van der Waals surface area contributed by atoms with E-state index in [4.69, 9.17) is 28.7 Å². The van der Waals surface area contributed by atoms with Gasteiger partial charge in [0.15, 0.2) is 0 Å². The van der Waals surface area contributed by atoms with Gasteiger partial charge in [0, 0.05) is 87.8 Å². The summed E-state index contributed by atoms with van der Waals surface area (Å²) in [7, 11) is 0. The number of hydrogen-bond donors (Lipinski definition) is 3. The van der Waals surface area contributed by atoms with E-state index < -0.39 is 29.7 Å². The smallest absolute Gasteiger partial charge is 0.262 e. The Morgan fingerprint density at radius 3 is 2.30 bits per heavy atom. The number of imide groups is 2. The molecule has 1 atom stereocenters. The first-order chi connectivity index (χ1) is 35.7. The lowest BCUT2D eigenvalue weighted by molar-refractivity contribution is -0.136. The number of aromatic nitrogens is 2. The van der Waals surface area contributed by atoms with Crippen molar-refractivity contribution in [1.82, 2.24) is 40.2 Å². The number of fused-ring (bicyclic) bond motifs is 8. The minimum Gasteiger partial charge on any atom is -0.492 e. The highest BCUT2D eigenvalue weighted by atomic mass is 16.5. The predicted molar refractivity (Wildman–Crippen MR) is 268 cm³/mol. The number of piperazine rings is 1. The van der Waals surface area contributed by atoms with Crippen LogP contribution in [-0.4, -0.2) is 169 Å². The Bertz CT molecular complexity index is 2680. The van der Waals surface area contributed by atoms with E-state index in [0.717, 1.165) is 110 Å². The fourth-order valence-corrected chi connectivity index (χ4v) is 10.2. The molecule has 4 fully saturated rings. The first-order valence-electron chi connectivity index (χ1n) is 25.5. The molecule has 5 aliphatic heterocycles. The third-order valence-electron chi connectivity index (χ3n) is 14.3. The Hall–Kier alpha value is -6.61. The minimum atomic E-state index is -1.01. The average molecular weight is 998 g/mol. The molecule has 3 saturated heterocycles. The molecule has 19 nitrogen and oxygen atoms in total. The molecule has 73 heavy (non-hydrogen) atoms. The van der Waals surface area contributed by atoms with Gasteiger partial charge in [-0.3, -0.25) is 48.9 Å². The largest absolute Gasteiger partial charge is 0.492 e. The van der Waals surface area contributed by atoms with Gasteiger partial charge in [0.05, 0.1) is 62.0 Å². The van der Waals surface area contributed by atoms with Crippen LogP contribution < -0.4 is 25.4 Å². The molecule has 10 rings (SSSR count). The predicted octanol–water partition coefficient (Wildman–Crippen LogP) is 4.10. The van der Waals surface area contributed by atoms with Gasteiger partial charge in [-0.25, -0.2) is 9.97 Å². The first kappa shape index (κ1) is 49.9. The molecule has 4 aromatic rings. The number of nitrogens with zero attached hydrogens (tertiary/aromatic N) is 6. The van der Waals surface area contributed by atoms with Crippen molar-refractivity contribution in [1.29, 1.82) is 0 Å². The number of ether oxygens (including phenoxy) is 5. The van der Waals surface area contributed by atoms with Crippen molar-refractivity contribution in [3.63, 3.8) is 0 Å². The fourth-order valence-electron chi connectivity index (χ4n) is 10.2. The summed E-state index contributed by atoms with van der Waals surface area (Å²) < 4.78 is 30.7. The zero-order chi connectivity index (χ0) is 50.1. The van der Waals surface area contributed by atoms with Crippen molar-refractivity contribution in [3.05, 3.63) is 107 Å². The van der Waals surface area contributed by atoms with Crippen LogP contribution in [0, 0.1) is 0 Å². The van der Waals surface area contributed by atoms with Crippen LogP contribution in [-0.2, 0) is 41.8 Å². The van der Waals surface area contributed by atoms with E-state index >= 15 is 0 Å². The lowest BCUT2D eigenvalue weighted by Crippen LogP contribution is -2.54. The molecule has 3 aromatic carbocycles. The molecule has 1 aromatic heterocycles. The minimum absolute atomic E-state index is 0.0599. The third kappa shape index (κ3) is 12.8. The Morgan fingerprint density at radius 2 is 1.49 bits per heavy atom. The van der Waals surface area contributed by atoms with Gasteiger partial charge in [0.1, 0.15) is 30.8 Å².